The van der Waals surface area contributed by atoms with Crippen LogP contribution in [0.15, 0.2) is 17.1 Å². The number of aromatic nitrogens is 4. The van der Waals surface area contributed by atoms with Crippen molar-refractivity contribution in [2.24, 2.45) is 0 Å². The summed E-state index contributed by atoms with van der Waals surface area (Å²) in [6.07, 6.45) is 2.30. The molecule has 2 atom stereocenters. The minimum atomic E-state index is -0.277. The number of H-pyrrole nitrogens is 2. The minimum absolute atomic E-state index is 0.0692. The van der Waals surface area contributed by atoms with Gasteiger partial charge < -0.3 is 14.6 Å². The lowest BCUT2D eigenvalue weighted by molar-refractivity contribution is 0.0682. The molecule has 8 nitrogen and oxygen atoms in total. The average Bonchev–Trinajstić information content (AvgIpc) is 3.24. The second-order valence-electron chi connectivity index (χ2n) is 5.71. The van der Waals surface area contributed by atoms with Gasteiger partial charge in [0.05, 0.1) is 17.7 Å². The van der Waals surface area contributed by atoms with Crippen molar-refractivity contribution in [2.45, 2.75) is 39.0 Å². The van der Waals surface area contributed by atoms with Gasteiger partial charge in [0.2, 0.25) is 0 Å². The Kier molecular flexibility index (Phi) is 4.08. The van der Waals surface area contributed by atoms with Gasteiger partial charge in [-0.2, -0.15) is 5.10 Å². The number of nitrogens with one attached hydrogen (secondary N) is 2. The Morgan fingerprint density at radius 1 is 1.52 bits per heavy atom. The topological polar surface area (TPSA) is 96.0 Å². The van der Waals surface area contributed by atoms with Crippen LogP contribution in [0.25, 0.3) is 0 Å². The van der Waals surface area contributed by atoms with Crippen LogP contribution in [-0.2, 0) is 11.3 Å². The average molecular weight is 319 g/mol. The fraction of sp³-hybridized carbons (Fsp3) is 0.533. The van der Waals surface area contributed by atoms with E-state index in [2.05, 4.69) is 15.2 Å². The van der Waals surface area contributed by atoms with Crippen molar-refractivity contribution in [3.05, 3.63) is 39.8 Å². The summed E-state index contributed by atoms with van der Waals surface area (Å²) in [6, 6.07) is 1.49. The van der Waals surface area contributed by atoms with Gasteiger partial charge >= 0.3 is 5.69 Å². The molecule has 0 unspecified atom stereocenters. The maximum absolute atomic E-state index is 12.9. The molecule has 0 bridgehead atoms. The molecule has 1 aliphatic heterocycles. The molecule has 0 spiro atoms. The summed E-state index contributed by atoms with van der Waals surface area (Å²) >= 11 is 0. The van der Waals surface area contributed by atoms with Crippen LogP contribution < -0.4 is 5.69 Å². The number of hydrogen-bond acceptors (Lipinski definition) is 4. The first-order valence-electron chi connectivity index (χ1n) is 7.69. The summed E-state index contributed by atoms with van der Waals surface area (Å²) in [7, 11) is 1.63. The molecular weight excluding hydrogens is 298 g/mol. The van der Waals surface area contributed by atoms with E-state index in [1.807, 2.05) is 13.8 Å². The molecular formula is C15H21N5O3. The third-order valence-electron chi connectivity index (χ3n) is 4.44. The third kappa shape index (κ3) is 2.59. The zero-order chi connectivity index (χ0) is 16.6. The number of carbonyl (C=O) groups excluding carboxylic acids is 1. The SMILES string of the molecule is CCn1c([C@@H]2C[C@H](OC)CN2C(=O)c2cc[nH]c2C)n[nH]c1=O. The van der Waals surface area contributed by atoms with Gasteiger partial charge in [0, 0.05) is 38.5 Å². The van der Waals surface area contributed by atoms with Gasteiger partial charge in [0.1, 0.15) is 0 Å². The molecule has 3 rings (SSSR count). The fourth-order valence-corrected chi connectivity index (χ4v) is 3.17. The molecule has 3 heterocycles. The lowest BCUT2D eigenvalue weighted by Gasteiger charge is -2.23. The molecule has 0 radical (unpaired) electrons. The molecule has 1 saturated heterocycles. The normalized spacial score (nSPS) is 21.1. The number of amides is 1. The van der Waals surface area contributed by atoms with Crippen LogP contribution in [0.3, 0.4) is 0 Å². The summed E-state index contributed by atoms with van der Waals surface area (Å²) in [4.78, 5) is 29.5. The summed E-state index contributed by atoms with van der Waals surface area (Å²) in [5.41, 5.74) is 1.20. The van der Waals surface area contributed by atoms with E-state index < -0.39 is 0 Å². The monoisotopic (exact) mass is 319 g/mol. The third-order valence-corrected chi connectivity index (χ3v) is 4.44. The van der Waals surface area contributed by atoms with Gasteiger partial charge in [-0.1, -0.05) is 0 Å². The molecule has 0 saturated carbocycles. The Labute approximate surface area is 133 Å². The molecule has 2 N–H and O–H groups in total. The largest absolute Gasteiger partial charge is 0.380 e. The first-order valence-corrected chi connectivity index (χ1v) is 7.69. The Morgan fingerprint density at radius 2 is 2.30 bits per heavy atom. The van der Waals surface area contributed by atoms with Gasteiger partial charge in [-0.25, -0.2) is 9.89 Å². The van der Waals surface area contributed by atoms with E-state index >= 15 is 0 Å². The summed E-state index contributed by atoms with van der Waals surface area (Å²) in [5.74, 6) is 0.505. The predicted octanol–water partition coefficient (Wildman–Crippen LogP) is 0.830. The van der Waals surface area contributed by atoms with E-state index in [4.69, 9.17) is 4.74 Å². The second-order valence-corrected chi connectivity index (χ2v) is 5.71. The van der Waals surface area contributed by atoms with Crippen molar-refractivity contribution in [3.63, 3.8) is 0 Å². The van der Waals surface area contributed by atoms with Gasteiger partial charge in [0.25, 0.3) is 5.91 Å². The summed E-state index contributed by atoms with van der Waals surface area (Å²) < 4.78 is 7.01. The Balaban J connectivity index is 1.98. The summed E-state index contributed by atoms with van der Waals surface area (Å²) in [6.45, 7) is 4.73. The maximum Gasteiger partial charge on any atom is 0.343 e. The number of carbonyl (C=O) groups is 1. The number of nitrogens with zero attached hydrogens (tertiary/aromatic N) is 3. The fourth-order valence-electron chi connectivity index (χ4n) is 3.17. The Hall–Kier alpha value is -2.35. The van der Waals surface area contributed by atoms with E-state index in [9.17, 15) is 9.59 Å². The Morgan fingerprint density at radius 3 is 2.91 bits per heavy atom. The highest BCUT2D eigenvalue weighted by Gasteiger charge is 2.40. The molecule has 0 aromatic carbocycles. The molecule has 23 heavy (non-hydrogen) atoms. The number of likely N-dealkylation sites (tertiary alicyclic amines) is 1. The van der Waals surface area contributed by atoms with Crippen LogP contribution >= 0.6 is 0 Å². The van der Waals surface area contributed by atoms with Crippen LogP contribution in [0.4, 0.5) is 0 Å². The lowest BCUT2D eigenvalue weighted by Crippen LogP contribution is -2.34. The molecule has 2 aromatic rings. The quantitative estimate of drug-likeness (QED) is 0.872. The predicted molar refractivity (Wildman–Crippen MR) is 83.2 cm³/mol. The van der Waals surface area contributed by atoms with Crippen LogP contribution in [0.1, 0.15) is 41.3 Å². The zero-order valence-electron chi connectivity index (χ0n) is 13.5. The molecule has 124 valence electrons. The van der Waals surface area contributed by atoms with Gasteiger partial charge in [-0.3, -0.25) is 9.36 Å². The first-order chi connectivity index (χ1) is 11.1. The molecule has 2 aromatic heterocycles. The molecule has 0 aliphatic carbocycles. The van der Waals surface area contributed by atoms with Gasteiger partial charge in [-0.15, -0.1) is 0 Å². The van der Waals surface area contributed by atoms with Gasteiger partial charge in [0.15, 0.2) is 5.82 Å². The number of methoxy groups -OCH3 is 1. The van der Waals surface area contributed by atoms with E-state index in [1.54, 1.807) is 28.8 Å². The highest BCUT2D eigenvalue weighted by molar-refractivity contribution is 5.95. The maximum atomic E-state index is 12.9. The standard InChI is InChI=1S/C15H21N5O3/c1-4-19-13(17-18-15(19)22)12-7-10(23-3)8-20(12)14(21)11-5-6-16-9(11)2/h5-6,10,12,16H,4,7-8H2,1-3H3,(H,18,22)/t10-,12-/m0/s1. The molecule has 1 amide bonds. The van der Waals surface area contributed by atoms with Crippen molar-refractivity contribution in [1.82, 2.24) is 24.6 Å². The summed E-state index contributed by atoms with van der Waals surface area (Å²) in [5, 5.41) is 6.62. The van der Waals surface area contributed by atoms with Crippen molar-refractivity contribution in [2.75, 3.05) is 13.7 Å². The van der Waals surface area contributed by atoms with Gasteiger partial charge in [-0.05, 0) is 19.9 Å². The minimum Gasteiger partial charge on any atom is -0.380 e. The van der Waals surface area contributed by atoms with Crippen LogP contribution in [-0.4, -0.2) is 50.3 Å². The number of ether oxygens (including phenoxy) is 1. The van der Waals surface area contributed by atoms with E-state index in [0.29, 0.717) is 30.9 Å². The van der Waals surface area contributed by atoms with Crippen molar-refractivity contribution < 1.29 is 9.53 Å². The van der Waals surface area contributed by atoms with E-state index in [1.165, 1.54) is 0 Å². The number of hydrogen-bond donors (Lipinski definition) is 2. The molecule has 1 fully saturated rings. The van der Waals surface area contributed by atoms with Crippen LogP contribution in [0.2, 0.25) is 0 Å². The second kappa shape index (κ2) is 6.04. The van der Waals surface area contributed by atoms with Crippen molar-refractivity contribution in [3.8, 4) is 0 Å². The zero-order valence-corrected chi connectivity index (χ0v) is 13.5. The number of rotatable bonds is 4. The number of aryl methyl sites for hydroxylation is 1. The smallest absolute Gasteiger partial charge is 0.343 e. The van der Waals surface area contributed by atoms with Crippen LogP contribution in [0.5, 0.6) is 0 Å². The van der Waals surface area contributed by atoms with Crippen LogP contribution in [0, 0.1) is 6.92 Å². The Bertz CT molecular complexity index is 759. The lowest BCUT2D eigenvalue weighted by atomic mass is 10.1. The highest BCUT2D eigenvalue weighted by atomic mass is 16.5. The molecule has 8 heteroatoms. The van der Waals surface area contributed by atoms with Crippen molar-refractivity contribution >= 4 is 5.91 Å². The number of aromatic amines is 2. The molecule has 1 aliphatic rings. The van der Waals surface area contributed by atoms with E-state index in [-0.39, 0.29) is 23.7 Å². The van der Waals surface area contributed by atoms with Crippen molar-refractivity contribution in [1.29, 1.82) is 0 Å². The first kappa shape index (κ1) is 15.5. The highest BCUT2D eigenvalue weighted by Crippen LogP contribution is 2.33. The van der Waals surface area contributed by atoms with E-state index in [0.717, 1.165) is 5.69 Å².